The van der Waals surface area contributed by atoms with Gasteiger partial charge in [-0.15, -0.1) is 0 Å². The van der Waals surface area contributed by atoms with Crippen molar-refractivity contribution < 1.29 is 23.7 Å². The summed E-state index contributed by atoms with van der Waals surface area (Å²) in [5.41, 5.74) is 0.909. The molecule has 2 heterocycles. The summed E-state index contributed by atoms with van der Waals surface area (Å²) in [7, 11) is 0. The summed E-state index contributed by atoms with van der Waals surface area (Å²) in [6.45, 7) is 5.49. The predicted octanol–water partition coefficient (Wildman–Crippen LogP) is 4.83. The smallest absolute Gasteiger partial charge is 0.341 e. The number of ether oxygens (including phenoxy) is 4. The molecule has 0 spiro atoms. The van der Waals surface area contributed by atoms with E-state index in [1.54, 1.807) is 6.92 Å². The zero-order chi connectivity index (χ0) is 23.1. The second-order valence-electron chi connectivity index (χ2n) is 9.18. The minimum absolute atomic E-state index is 0.143. The first-order valence-corrected chi connectivity index (χ1v) is 11.2. The van der Waals surface area contributed by atoms with Crippen LogP contribution in [-0.2, 0) is 29.3 Å². The molecule has 33 heavy (non-hydrogen) atoms. The average molecular weight is 445 g/mol. The molecule has 0 unspecified atom stereocenters. The van der Waals surface area contributed by atoms with Crippen LogP contribution in [0.4, 0.5) is 0 Å². The number of rotatable bonds is 6. The molecule has 0 saturated carbocycles. The van der Waals surface area contributed by atoms with E-state index in [9.17, 15) is 4.79 Å². The lowest BCUT2D eigenvalue weighted by Gasteiger charge is -2.37. The van der Waals surface area contributed by atoms with E-state index in [2.05, 4.69) is 36.4 Å². The van der Waals surface area contributed by atoms with Gasteiger partial charge in [0, 0.05) is 0 Å². The molecule has 3 aromatic carbocycles. The maximum absolute atomic E-state index is 12.7. The van der Waals surface area contributed by atoms with Crippen molar-refractivity contribution in [1.82, 2.24) is 0 Å². The predicted molar refractivity (Wildman–Crippen MR) is 123 cm³/mol. The van der Waals surface area contributed by atoms with E-state index >= 15 is 0 Å². The van der Waals surface area contributed by atoms with Gasteiger partial charge in [0.15, 0.2) is 17.5 Å². The molecule has 5 nitrogen and oxygen atoms in total. The summed E-state index contributed by atoms with van der Waals surface area (Å²) in [5, 5.41) is 0. The zero-order valence-corrected chi connectivity index (χ0v) is 19.1. The highest BCUT2D eigenvalue weighted by molar-refractivity contribution is 5.83. The Morgan fingerprint density at radius 1 is 0.788 bits per heavy atom. The average Bonchev–Trinajstić information content (AvgIpc) is 3.22. The second-order valence-corrected chi connectivity index (χ2v) is 9.18. The molecule has 0 amide bonds. The lowest BCUT2D eigenvalue weighted by Crippen LogP contribution is -2.43. The number of fused-ring (bicyclic) bond motifs is 1. The van der Waals surface area contributed by atoms with Crippen LogP contribution in [0, 0.1) is 0 Å². The van der Waals surface area contributed by atoms with Crippen LogP contribution in [0.1, 0.15) is 37.5 Å². The van der Waals surface area contributed by atoms with E-state index < -0.39 is 35.2 Å². The third kappa shape index (κ3) is 3.66. The van der Waals surface area contributed by atoms with Gasteiger partial charge in [-0.2, -0.15) is 0 Å². The Balaban J connectivity index is 1.57. The Hall–Kier alpha value is -2.99. The summed E-state index contributed by atoms with van der Waals surface area (Å²) in [5.74, 6) is -1.29. The van der Waals surface area contributed by atoms with Gasteiger partial charge in [0.2, 0.25) is 0 Å². The molecule has 5 rings (SSSR count). The topological polar surface area (TPSA) is 54.0 Å². The van der Waals surface area contributed by atoms with Crippen molar-refractivity contribution >= 4 is 5.97 Å². The summed E-state index contributed by atoms with van der Waals surface area (Å²) in [6.07, 6.45) is -1.15. The van der Waals surface area contributed by atoms with E-state index in [4.69, 9.17) is 18.9 Å². The van der Waals surface area contributed by atoms with Crippen molar-refractivity contribution in [1.29, 1.82) is 0 Å². The molecule has 0 radical (unpaired) electrons. The minimum atomic E-state index is -1.15. The third-order valence-corrected chi connectivity index (χ3v) is 6.42. The van der Waals surface area contributed by atoms with Gasteiger partial charge in [-0.25, -0.2) is 4.79 Å². The third-order valence-electron chi connectivity index (χ3n) is 6.42. The first kappa shape index (κ1) is 21.8. The van der Waals surface area contributed by atoms with Crippen LogP contribution < -0.4 is 0 Å². The lowest BCUT2D eigenvalue weighted by molar-refractivity contribution is -0.201. The maximum atomic E-state index is 12.7. The van der Waals surface area contributed by atoms with E-state index in [-0.39, 0.29) is 6.61 Å². The van der Waals surface area contributed by atoms with Crippen LogP contribution in [-0.4, -0.2) is 36.2 Å². The number of hydrogen-bond acceptors (Lipinski definition) is 5. The summed E-state index contributed by atoms with van der Waals surface area (Å²) < 4.78 is 24.6. The van der Waals surface area contributed by atoms with Gasteiger partial charge in [-0.1, -0.05) is 91.0 Å². The zero-order valence-electron chi connectivity index (χ0n) is 19.1. The van der Waals surface area contributed by atoms with Crippen LogP contribution in [0.2, 0.25) is 0 Å². The monoisotopic (exact) mass is 444 g/mol. The number of carbonyl (C=O) groups is 1. The van der Waals surface area contributed by atoms with Gasteiger partial charge in [0.1, 0.15) is 11.7 Å². The fourth-order valence-corrected chi connectivity index (χ4v) is 5.01. The Morgan fingerprint density at radius 3 is 1.70 bits per heavy atom. The number of cyclic esters (lactones) is 1. The van der Waals surface area contributed by atoms with Crippen LogP contribution >= 0.6 is 0 Å². The number of esters is 1. The second kappa shape index (κ2) is 8.10. The van der Waals surface area contributed by atoms with Crippen LogP contribution in [0.25, 0.3) is 0 Å². The van der Waals surface area contributed by atoms with Crippen molar-refractivity contribution in [2.75, 3.05) is 6.61 Å². The molecule has 3 atom stereocenters. The van der Waals surface area contributed by atoms with E-state index in [0.717, 1.165) is 16.7 Å². The van der Waals surface area contributed by atoms with Crippen molar-refractivity contribution in [2.45, 2.75) is 50.0 Å². The van der Waals surface area contributed by atoms with E-state index in [1.807, 2.05) is 68.4 Å². The van der Waals surface area contributed by atoms with Crippen molar-refractivity contribution in [2.24, 2.45) is 0 Å². The Labute approximate surface area is 194 Å². The van der Waals surface area contributed by atoms with E-state index in [0.29, 0.717) is 0 Å². The first-order valence-electron chi connectivity index (χ1n) is 11.2. The number of benzene rings is 3. The van der Waals surface area contributed by atoms with Crippen LogP contribution in [0.3, 0.4) is 0 Å². The molecule has 0 aliphatic carbocycles. The molecule has 2 aliphatic rings. The molecular weight excluding hydrogens is 416 g/mol. The molecule has 2 fully saturated rings. The first-order chi connectivity index (χ1) is 15.9. The highest BCUT2D eigenvalue weighted by atomic mass is 16.8. The quantitative estimate of drug-likeness (QED) is 0.403. The van der Waals surface area contributed by atoms with Crippen LogP contribution in [0.5, 0.6) is 0 Å². The molecule has 2 aliphatic heterocycles. The van der Waals surface area contributed by atoms with Gasteiger partial charge in [-0.3, -0.25) is 0 Å². The largest absolute Gasteiger partial charge is 0.455 e. The molecule has 5 heteroatoms. The molecule has 0 aromatic heterocycles. The van der Waals surface area contributed by atoms with Gasteiger partial charge in [0.25, 0.3) is 0 Å². The summed E-state index contributed by atoms with van der Waals surface area (Å²) in [6, 6.07) is 30.3. The molecule has 170 valence electrons. The number of carbonyl (C=O) groups excluding carboxylic acids is 1. The maximum Gasteiger partial charge on any atom is 0.341 e. The SMILES string of the molecule is CC1(C)O[C@@H]2[C@@H](COC(c3ccccc3)(c3ccccc3)c3ccccc3)OC(=O)[C@]2(C)O1. The van der Waals surface area contributed by atoms with Crippen molar-refractivity contribution in [3.8, 4) is 0 Å². The fourth-order valence-electron chi connectivity index (χ4n) is 5.01. The number of hydrogen-bond donors (Lipinski definition) is 0. The molecule has 3 aromatic rings. The normalized spacial score (nSPS) is 26.1. The van der Waals surface area contributed by atoms with Crippen molar-refractivity contribution in [3.63, 3.8) is 0 Å². The summed E-state index contributed by atoms with van der Waals surface area (Å²) in [4.78, 5) is 12.7. The van der Waals surface area contributed by atoms with E-state index in [1.165, 1.54) is 0 Å². The molecular formula is C28H28O5. The standard InChI is InChI=1S/C28H28O5/c1-26(2)32-24-23(31-25(29)27(24,3)33-26)19-30-28(20-13-7-4-8-14-20,21-15-9-5-10-16-21)22-17-11-6-12-18-22/h4-18,23-24H,19H2,1-3H3/t23-,24-,27-/m1/s1. The van der Waals surface area contributed by atoms with Crippen LogP contribution in [0.15, 0.2) is 91.0 Å². The highest BCUT2D eigenvalue weighted by Gasteiger charge is 2.65. The fraction of sp³-hybridized carbons (Fsp3) is 0.321. The molecule has 2 saturated heterocycles. The summed E-state index contributed by atoms with van der Waals surface area (Å²) >= 11 is 0. The van der Waals surface area contributed by atoms with Gasteiger partial charge in [-0.05, 0) is 37.5 Å². The van der Waals surface area contributed by atoms with Gasteiger partial charge < -0.3 is 18.9 Å². The molecule has 0 N–H and O–H groups in total. The van der Waals surface area contributed by atoms with Gasteiger partial charge in [0.05, 0.1) is 6.61 Å². The Bertz CT molecular complexity index is 1020. The van der Waals surface area contributed by atoms with Crippen molar-refractivity contribution in [3.05, 3.63) is 108 Å². The van der Waals surface area contributed by atoms with Gasteiger partial charge >= 0.3 is 5.97 Å². The molecule has 0 bridgehead atoms. The Kier molecular flexibility index (Phi) is 5.36. The minimum Gasteiger partial charge on any atom is -0.455 e. The lowest BCUT2D eigenvalue weighted by atomic mass is 9.80. The Morgan fingerprint density at radius 2 is 1.24 bits per heavy atom. The highest BCUT2D eigenvalue weighted by Crippen LogP contribution is 2.46.